The van der Waals surface area contributed by atoms with E-state index in [4.69, 9.17) is 4.52 Å². The van der Waals surface area contributed by atoms with Gasteiger partial charge in [-0.05, 0) is 48.5 Å². The van der Waals surface area contributed by atoms with Gasteiger partial charge in [0.05, 0.1) is 0 Å². The quantitative estimate of drug-likeness (QED) is 0.711. The minimum absolute atomic E-state index is 0.310. The van der Waals surface area contributed by atoms with E-state index in [1.807, 2.05) is 36.4 Å². The lowest BCUT2D eigenvalue weighted by molar-refractivity contribution is 0.262. The zero-order valence-corrected chi connectivity index (χ0v) is 13.8. The van der Waals surface area contributed by atoms with Gasteiger partial charge in [-0.1, -0.05) is 21.1 Å². The lowest BCUT2D eigenvalue weighted by atomic mass is 10.2. The van der Waals surface area contributed by atoms with Crippen LogP contribution in [0.15, 0.2) is 57.5 Å². The third kappa shape index (κ3) is 3.95. The molecular formula is C16H13BrN4O2. The van der Waals surface area contributed by atoms with Gasteiger partial charge in [0.1, 0.15) is 0 Å². The lowest BCUT2D eigenvalue weighted by Crippen LogP contribution is -2.19. The molecule has 7 heteroatoms. The van der Waals surface area contributed by atoms with E-state index in [9.17, 15) is 4.79 Å². The Morgan fingerprint density at radius 3 is 2.09 bits per heavy atom. The van der Waals surface area contributed by atoms with Crippen molar-refractivity contribution in [3.8, 4) is 11.4 Å². The van der Waals surface area contributed by atoms with Crippen molar-refractivity contribution in [1.29, 1.82) is 0 Å². The SMILES string of the molecule is Cc1nc(-c2ccc(NC(=O)Nc3ccc(Br)cc3)cc2)no1. The van der Waals surface area contributed by atoms with Crippen LogP contribution in [0.1, 0.15) is 5.89 Å². The van der Waals surface area contributed by atoms with E-state index in [-0.39, 0.29) is 6.03 Å². The van der Waals surface area contributed by atoms with Crippen molar-refractivity contribution in [2.45, 2.75) is 6.92 Å². The van der Waals surface area contributed by atoms with Crippen LogP contribution in [-0.4, -0.2) is 16.2 Å². The van der Waals surface area contributed by atoms with E-state index in [0.717, 1.165) is 10.0 Å². The van der Waals surface area contributed by atoms with E-state index in [2.05, 4.69) is 36.7 Å². The van der Waals surface area contributed by atoms with Gasteiger partial charge in [0.15, 0.2) is 0 Å². The fourth-order valence-corrected chi connectivity index (χ4v) is 2.21. The molecule has 0 saturated heterocycles. The maximum atomic E-state index is 12.0. The van der Waals surface area contributed by atoms with Crippen molar-refractivity contribution >= 4 is 33.3 Å². The summed E-state index contributed by atoms with van der Waals surface area (Å²) in [4.78, 5) is 16.1. The zero-order valence-electron chi connectivity index (χ0n) is 12.2. The molecule has 0 radical (unpaired) electrons. The summed E-state index contributed by atoms with van der Waals surface area (Å²) in [5.41, 5.74) is 2.20. The van der Waals surface area contributed by atoms with Gasteiger partial charge in [0.25, 0.3) is 0 Å². The number of hydrogen-bond acceptors (Lipinski definition) is 4. The van der Waals surface area contributed by atoms with Crippen molar-refractivity contribution in [3.63, 3.8) is 0 Å². The molecular weight excluding hydrogens is 360 g/mol. The minimum atomic E-state index is -0.310. The lowest BCUT2D eigenvalue weighted by Gasteiger charge is -2.08. The molecule has 6 nitrogen and oxygen atoms in total. The van der Waals surface area contributed by atoms with E-state index in [0.29, 0.717) is 23.1 Å². The Hall–Kier alpha value is -2.67. The second-order valence-electron chi connectivity index (χ2n) is 4.80. The molecule has 116 valence electrons. The van der Waals surface area contributed by atoms with Crippen molar-refractivity contribution in [3.05, 3.63) is 58.9 Å². The molecule has 23 heavy (non-hydrogen) atoms. The molecule has 0 fully saturated rings. The molecule has 3 rings (SSSR count). The zero-order chi connectivity index (χ0) is 16.2. The first-order valence-corrected chi connectivity index (χ1v) is 7.64. The van der Waals surface area contributed by atoms with Crippen molar-refractivity contribution in [2.75, 3.05) is 10.6 Å². The summed E-state index contributed by atoms with van der Waals surface area (Å²) in [6.07, 6.45) is 0. The number of carbonyl (C=O) groups excluding carboxylic acids is 1. The number of nitrogens with zero attached hydrogens (tertiary/aromatic N) is 2. The van der Waals surface area contributed by atoms with Crippen LogP contribution in [0.3, 0.4) is 0 Å². The average molecular weight is 373 g/mol. The standard InChI is InChI=1S/C16H13BrN4O2/c1-10-18-15(21-23-10)11-2-6-13(7-3-11)19-16(22)20-14-8-4-12(17)5-9-14/h2-9H,1H3,(H2,19,20,22). The van der Waals surface area contributed by atoms with Crippen LogP contribution in [0, 0.1) is 6.92 Å². The Labute approximate surface area is 141 Å². The molecule has 2 N–H and O–H groups in total. The maximum absolute atomic E-state index is 12.0. The van der Waals surface area contributed by atoms with Gasteiger partial charge in [0.2, 0.25) is 11.7 Å². The average Bonchev–Trinajstić information content (AvgIpc) is 2.97. The summed E-state index contributed by atoms with van der Waals surface area (Å²) in [5.74, 6) is 1.03. The topological polar surface area (TPSA) is 80.0 Å². The minimum Gasteiger partial charge on any atom is -0.339 e. The molecule has 0 aliphatic rings. The van der Waals surface area contributed by atoms with E-state index in [1.54, 1.807) is 19.1 Å². The monoisotopic (exact) mass is 372 g/mol. The van der Waals surface area contributed by atoms with Gasteiger partial charge in [-0.25, -0.2) is 4.79 Å². The first-order chi connectivity index (χ1) is 11.1. The van der Waals surface area contributed by atoms with Gasteiger partial charge < -0.3 is 15.2 Å². The highest BCUT2D eigenvalue weighted by molar-refractivity contribution is 9.10. The van der Waals surface area contributed by atoms with Crippen LogP contribution in [0.2, 0.25) is 0 Å². The van der Waals surface area contributed by atoms with Crippen molar-refractivity contribution in [1.82, 2.24) is 10.1 Å². The number of aromatic nitrogens is 2. The van der Waals surface area contributed by atoms with Crippen molar-refractivity contribution in [2.24, 2.45) is 0 Å². The molecule has 1 aromatic heterocycles. The number of halogens is 1. The fraction of sp³-hybridized carbons (Fsp3) is 0.0625. The smallest absolute Gasteiger partial charge is 0.323 e. The number of benzene rings is 2. The van der Waals surface area contributed by atoms with E-state index >= 15 is 0 Å². The normalized spacial score (nSPS) is 10.3. The largest absolute Gasteiger partial charge is 0.339 e. The summed E-state index contributed by atoms with van der Waals surface area (Å²) in [5, 5.41) is 9.37. The molecule has 0 spiro atoms. The summed E-state index contributed by atoms with van der Waals surface area (Å²) >= 11 is 3.35. The summed E-state index contributed by atoms with van der Waals surface area (Å²) < 4.78 is 5.90. The van der Waals surface area contributed by atoms with Gasteiger partial charge >= 0.3 is 6.03 Å². The molecule has 0 aliphatic heterocycles. The van der Waals surface area contributed by atoms with Crippen LogP contribution in [-0.2, 0) is 0 Å². The first kappa shape index (κ1) is 15.2. The molecule has 1 heterocycles. The van der Waals surface area contributed by atoms with Crippen LogP contribution in [0.25, 0.3) is 11.4 Å². The van der Waals surface area contributed by atoms with E-state index in [1.165, 1.54) is 0 Å². The van der Waals surface area contributed by atoms with Crippen molar-refractivity contribution < 1.29 is 9.32 Å². The van der Waals surface area contributed by atoms with E-state index < -0.39 is 0 Å². The number of hydrogen-bond donors (Lipinski definition) is 2. The Bertz CT molecular complexity index is 813. The third-order valence-corrected chi connectivity index (χ3v) is 3.56. The molecule has 2 aromatic carbocycles. The Morgan fingerprint density at radius 2 is 1.57 bits per heavy atom. The van der Waals surface area contributed by atoms with Gasteiger partial charge in [-0.2, -0.15) is 4.98 Å². The first-order valence-electron chi connectivity index (χ1n) is 6.84. The molecule has 2 amide bonds. The van der Waals surface area contributed by atoms with Crippen LogP contribution < -0.4 is 10.6 Å². The number of carbonyl (C=O) groups is 1. The Kier molecular flexibility index (Phi) is 4.38. The number of amides is 2. The molecule has 0 aliphatic carbocycles. The highest BCUT2D eigenvalue weighted by Gasteiger charge is 2.07. The maximum Gasteiger partial charge on any atom is 0.323 e. The number of urea groups is 1. The predicted octanol–water partition coefficient (Wildman–Crippen LogP) is 4.45. The molecule has 0 atom stereocenters. The second kappa shape index (κ2) is 6.62. The third-order valence-electron chi connectivity index (χ3n) is 3.03. The number of rotatable bonds is 3. The molecule has 0 unspecified atom stereocenters. The number of nitrogens with one attached hydrogen (secondary N) is 2. The molecule has 0 saturated carbocycles. The summed E-state index contributed by atoms with van der Waals surface area (Å²) in [6, 6.07) is 14.2. The summed E-state index contributed by atoms with van der Waals surface area (Å²) in [7, 11) is 0. The van der Waals surface area contributed by atoms with Crippen LogP contribution in [0.5, 0.6) is 0 Å². The van der Waals surface area contributed by atoms with Gasteiger partial charge in [-0.15, -0.1) is 0 Å². The van der Waals surface area contributed by atoms with Gasteiger partial charge in [-0.3, -0.25) is 0 Å². The second-order valence-corrected chi connectivity index (χ2v) is 5.72. The number of aryl methyl sites for hydroxylation is 1. The Morgan fingerprint density at radius 1 is 1.00 bits per heavy atom. The molecule has 3 aromatic rings. The van der Waals surface area contributed by atoms with Gasteiger partial charge in [0, 0.05) is 28.3 Å². The fourth-order valence-electron chi connectivity index (χ4n) is 1.95. The summed E-state index contributed by atoms with van der Waals surface area (Å²) in [6.45, 7) is 1.74. The highest BCUT2D eigenvalue weighted by atomic mass is 79.9. The number of anilines is 2. The highest BCUT2D eigenvalue weighted by Crippen LogP contribution is 2.19. The molecule has 0 bridgehead atoms. The predicted molar refractivity (Wildman–Crippen MR) is 91.3 cm³/mol. The van der Waals surface area contributed by atoms with Crippen LogP contribution in [0.4, 0.5) is 16.2 Å². The van der Waals surface area contributed by atoms with Crippen LogP contribution >= 0.6 is 15.9 Å². The Balaban J connectivity index is 1.63.